The molecule has 1 atom stereocenters. The van der Waals surface area contributed by atoms with E-state index in [9.17, 15) is 5.11 Å². The maximum absolute atomic E-state index is 10.3. The first-order valence-electron chi connectivity index (χ1n) is 6.56. The zero-order chi connectivity index (χ0) is 14.0. The van der Waals surface area contributed by atoms with Crippen molar-refractivity contribution < 1.29 is 5.11 Å². The summed E-state index contributed by atoms with van der Waals surface area (Å²) in [5.74, 6) is 0. The van der Waals surface area contributed by atoms with Crippen LogP contribution in [-0.2, 0) is 11.8 Å². The predicted molar refractivity (Wildman–Crippen MR) is 80.7 cm³/mol. The van der Waals surface area contributed by atoms with E-state index in [0.29, 0.717) is 6.42 Å². The van der Waals surface area contributed by atoms with Crippen LogP contribution in [0, 0.1) is 6.92 Å². The third-order valence-corrected chi connectivity index (χ3v) is 3.99. The maximum atomic E-state index is 10.3. The van der Waals surface area contributed by atoms with Crippen LogP contribution in [-0.4, -0.2) is 10.1 Å². The molecule has 1 heterocycles. The summed E-state index contributed by atoms with van der Waals surface area (Å²) >= 11 is 1.63. The Balaban J connectivity index is 2.11. The summed E-state index contributed by atoms with van der Waals surface area (Å²) < 4.78 is 0. The van der Waals surface area contributed by atoms with Gasteiger partial charge in [0.25, 0.3) is 0 Å². The first kappa shape index (κ1) is 14.2. The van der Waals surface area contributed by atoms with Gasteiger partial charge in [-0.3, -0.25) is 0 Å². The van der Waals surface area contributed by atoms with E-state index >= 15 is 0 Å². The van der Waals surface area contributed by atoms with Crippen LogP contribution < -0.4 is 0 Å². The van der Waals surface area contributed by atoms with Gasteiger partial charge in [-0.15, -0.1) is 11.3 Å². The standard InChI is InChI=1S/C16H21NOS/c1-11-6-5-7-12(8-11)13(18)9-15-17-14(10-19-15)16(2,3)4/h5-8,10,13,18H,9H2,1-4H3. The highest BCUT2D eigenvalue weighted by molar-refractivity contribution is 7.09. The van der Waals surface area contributed by atoms with Crippen molar-refractivity contribution in [2.24, 2.45) is 0 Å². The summed E-state index contributed by atoms with van der Waals surface area (Å²) in [5, 5.41) is 13.4. The molecule has 3 heteroatoms. The molecule has 0 aliphatic rings. The molecule has 1 N–H and O–H groups in total. The lowest BCUT2D eigenvalue weighted by molar-refractivity contribution is 0.178. The highest BCUT2D eigenvalue weighted by Gasteiger charge is 2.18. The van der Waals surface area contributed by atoms with Crippen LogP contribution in [0.1, 0.15) is 48.7 Å². The average molecular weight is 275 g/mol. The van der Waals surface area contributed by atoms with Gasteiger partial charge in [0.1, 0.15) is 0 Å². The summed E-state index contributed by atoms with van der Waals surface area (Å²) in [6.45, 7) is 8.51. The Labute approximate surface area is 119 Å². The van der Waals surface area contributed by atoms with Gasteiger partial charge in [-0.2, -0.15) is 0 Å². The number of rotatable bonds is 3. The molecular formula is C16H21NOS. The monoisotopic (exact) mass is 275 g/mol. The van der Waals surface area contributed by atoms with Gasteiger partial charge in [0.05, 0.1) is 16.8 Å². The van der Waals surface area contributed by atoms with Gasteiger partial charge in [0.15, 0.2) is 0 Å². The summed E-state index contributed by atoms with van der Waals surface area (Å²) in [7, 11) is 0. The second kappa shape index (κ2) is 5.43. The van der Waals surface area contributed by atoms with Crippen LogP contribution in [0.5, 0.6) is 0 Å². The molecule has 2 nitrogen and oxygen atoms in total. The predicted octanol–water partition coefficient (Wildman–Crippen LogP) is 4.03. The fourth-order valence-electron chi connectivity index (χ4n) is 1.91. The van der Waals surface area contributed by atoms with Crippen molar-refractivity contribution >= 4 is 11.3 Å². The first-order chi connectivity index (χ1) is 8.86. The minimum atomic E-state index is -0.473. The van der Waals surface area contributed by atoms with E-state index in [0.717, 1.165) is 16.3 Å². The lowest BCUT2D eigenvalue weighted by Crippen LogP contribution is -2.12. The highest BCUT2D eigenvalue weighted by Crippen LogP contribution is 2.26. The van der Waals surface area contributed by atoms with Gasteiger partial charge < -0.3 is 5.11 Å². The number of aliphatic hydroxyl groups is 1. The van der Waals surface area contributed by atoms with Gasteiger partial charge in [0, 0.05) is 17.2 Å². The molecule has 0 bridgehead atoms. The van der Waals surface area contributed by atoms with E-state index in [4.69, 9.17) is 0 Å². The van der Waals surface area contributed by atoms with E-state index in [1.807, 2.05) is 31.2 Å². The van der Waals surface area contributed by atoms with Crippen LogP contribution >= 0.6 is 11.3 Å². The Hall–Kier alpha value is -1.19. The molecule has 1 aromatic carbocycles. The minimum Gasteiger partial charge on any atom is -0.388 e. The van der Waals surface area contributed by atoms with Crippen LogP contribution in [0.4, 0.5) is 0 Å². The molecule has 0 amide bonds. The van der Waals surface area contributed by atoms with Crippen molar-refractivity contribution in [1.29, 1.82) is 0 Å². The molecule has 1 unspecified atom stereocenters. The Bertz CT molecular complexity index is 554. The smallest absolute Gasteiger partial charge is 0.0957 e. The zero-order valence-electron chi connectivity index (χ0n) is 12.0. The number of aryl methyl sites for hydroxylation is 1. The van der Waals surface area contributed by atoms with Gasteiger partial charge >= 0.3 is 0 Å². The second-order valence-corrected chi connectivity index (χ2v) is 6.95. The van der Waals surface area contributed by atoms with Crippen molar-refractivity contribution in [2.75, 3.05) is 0 Å². The first-order valence-corrected chi connectivity index (χ1v) is 7.44. The minimum absolute atomic E-state index is 0.0725. The topological polar surface area (TPSA) is 33.1 Å². The quantitative estimate of drug-likeness (QED) is 0.917. The SMILES string of the molecule is Cc1cccc(C(O)Cc2nc(C(C)(C)C)cs2)c1. The van der Waals surface area contributed by atoms with Crippen LogP contribution in [0.3, 0.4) is 0 Å². The molecule has 0 saturated carbocycles. The Kier molecular flexibility index (Phi) is 4.07. The third-order valence-electron chi connectivity index (χ3n) is 3.12. The fraction of sp³-hybridized carbons (Fsp3) is 0.438. The number of nitrogens with zero attached hydrogens (tertiary/aromatic N) is 1. The maximum Gasteiger partial charge on any atom is 0.0957 e. The van der Waals surface area contributed by atoms with Gasteiger partial charge in [0.2, 0.25) is 0 Å². The average Bonchev–Trinajstić information content (AvgIpc) is 2.77. The normalized spacial score (nSPS) is 13.5. The number of aromatic nitrogens is 1. The molecule has 102 valence electrons. The van der Waals surface area contributed by atoms with Crippen LogP contribution in [0.2, 0.25) is 0 Å². The van der Waals surface area contributed by atoms with Crippen molar-refractivity contribution in [3.63, 3.8) is 0 Å². The van der Waals surface area contributed by atoms with Crippen LogP contribution in [0.15, 0.2) is 29.6 Å². The Morgan fingerprint density at radius 2 is 2.05 bits per heavy atom. The van der Waals surface area contributed by atoms with Crippen molar-refractivity contribution in [3.05, 3.63) is 51.5 Å². The fourth-order valence-corrected chi connectivity index (χ4v) is 2.97. The van der Waals surface area contributed by atoms with E-state index in [1.54, 1.807) is 11.3 Å². The van der Waals surface area contributed by atoms with Crippen molar-refractivity contribution in [1.82, 2.24) is 4.98 Å². The summed E-state index contributed by atoms with van der Waals surface area (Å²) in [5.41, 5.74) is 3.31. The molecule has 2 rings (SSSR count). The second-order valence-electron chi connectivity index (χ2n) is 6.01. The number of benzene rings is 1. The number of thiazole rings is 1. The molecule has 0 radical (unpaired) electrons. The molecule has 0 saturated heterocycles. The summed E-state index contributed by atoms with van der Waals surface area (Å²) in [6, 6.07) is 8.02. The molecular weight excluding hydrogens is 254 g/mol. The molecule has 0 aliphatic carbocycles. The Morgan fingerprint density at radius 3 is 2.63 bits per heavy atom. The third kappa shape index (κ3) is 3.64. The number of hydrogen-bond acceptors (Lipinski definition) is 3. The zero-order valence-corrected chi connectivity index (χ0v) is 12.8. The van der Waals surface area contributed by atoms with Crippen molar-refractivity contribution in [2.45, 2.75) is 45.6 Å². The van der Waals surface area contributed by atoms with E-state index < -0.39 is 6.10 Å². The molecule has 0 spiro atoms. The summed E-state index contributed by atoms with van der Waals surface area (Å²) in [6.07, 6.45) is 0.114. The van der Waals surface area contributed by atoms with E-state index in [2.05, 4.69) is 31.1 Å². The van der Waals surface area contributed by atoms with Gasteiger partial charge in [-0.1, -0.05) is 50.6 Å². The number of aliphatic hydroxyl groups excluding tert-OH is 1. The Morgan fingerprint density at radius 1 is 1.32 bits per heavy atom. The van der Waals surface area contributed by atoms with Gasteiger partial charge in [-0.25, -0.2) is 4.98 Å². The number of hydrogen-bond donors (Lipinski definition) is 1. The molecule has 19 heavy (non-hydrogen) atoms. The lowest BCUT2D eigenvalue weighted by Gasteiger charge is -2.14. The van der Waals surface area contributed by atoms with E-state index in [-0.39, 0.29) is 5.41 Å². The molecule has 0 aliphatic heterocycles. The van der Waals surface area contributed by atoms with Crippen molar-refractivity contribution in [3.8, 4) is 0 Å². The molecule has 0 fully saturated rings. The molecule has 1 aromatic heterocycles. The van der Waals surface area contributed by atoms with Gasteiger partial charge in [-0.05, 0) is 12.5 Å². The molecule has 2 aromatic rings. The lowest BCUT2D eigenvalue weighted by atomic mass is 9.93. The van der Waals surface area contributed by atoms with E-state index in [1.165, 1.54) is 5.56 Å². The largest absolute Gasteiger partial charge is 0.388 e. The van der Waals surface area contributed by atoms with Crippen LogP contribution in [0.25, 0.3) is 0 Å². The highest BCUT2D eigenvalue weighted by atomic mass is 32.1. The summed E-state index contributed by atoms with van der Waals surface area (Å²) in [4.78, 5) is 4.63.